The van der Waals surface area contributed by atoms with E-state index < -0.39 is 18.4 Å². The summed E-state index contributed by atoms with van der Waals surface area (Å²) >= 11 is 1.45. The molecule has 0 saturated heterocycles. The molecule has 0 fully saturated rings. The molecule has 0 aliphatic rings. The minimum atomic E-state index is -1.12. The number of rotatable bonds is 8. The van der Waals surface area contributed by atoms with Gasteiger partial charge in [0.1, 0.15) is 6.54 Å². The molecule has 1 aromatic rings. The lowest BCUT2D eigenvalue weighted by molar-refractivity contribution is -0.137. The summed E-state index contributed by atoms with van der Waals surface area (Å²) in [6, 6.07) is 1.86. The normalized spacial score (nSPS) is 10.2. The largest absolute Gasteiger partial charge is 0.480 e. The predicted molar refractivity (Wildman–Crippen MR) is 80.7 cm³/mol. The zero-order valence-corrected chi connectivity index (χ0v) is 13.0. The molecule has 0 spiro atoms. The molecule has 1 rings (SSSR count). The van der Waals surface area contributed by atoms with Crippen molar-refractivity contribution in [1.82, 2.24) is 10.6 Å². The topological polar surface area (TPSA) is 95.5 Å². The quantitative estimate of drug-likeness (QED) is 0.672. The molecule has 0 saturated carbocycles. The highest BCUT2D eigenvalue weighted by Crippen LogP contribution is 2.24. The van der Waals surface area contributed by atoms with Crippen molar-refractivity contribution in [2.75, 3.05) is 13.1 Å². The lowest BCUT2D eigenvalue weighted by atomic mass is 10.1. The number of amides is 2. The van der Waals surface area contributed by atoms with Gasteiger partial charge in [-0.25, -0.2) is 0 Å². The first-order valence-corrected chi connectivity index (χ1v) is 7.67. The highest BCUT2D eigenvalue weighted by molar-refractivity contribution is 7.14. The molecule has 1 heterocycles. The van der Waals surface area contributed by atoms with Crippen LogP contribution in [0, 0.1) is 0 Å². The second kappa shape index (κ2) is 8.41. The average molecular weight is 312 g/mol. The summed E-state index contributed by atoms with van der Waals surface area (Å²) in [6.07, 6.45) is 2.84. The van der Waals surface area contributed by atoms with Crippen molar-refractivity contribution in [3.05, 3.63) is 21.4 Å². The van der Waals surface area contributed by atoms with Gasteiger partial charge in [0, 0.05) is 4.88 Å². The molecule has 7 heteroatoms. The van der Waals surface area contributed by atoms with E-state index in [1.807, 2.05) is 13.0 Å². The molecule has 0 radical (unpaired) electrons. The molecule has 0 unspecified atom stereocenters. The highest BCUT2D eigenvalue weighted by Gasteiger charge is 2.14. The van der Waals surface area contributed by atoms with Gasteiger partial charge >= 0.3 is 5.97 Å². The monoisotopic (exact) mass is 312 g/mol. The number of nitrogens with one attached hydrogen (secondary N) is 2. The molecule has 0 bridgehead atoms. The molecular formula is C14H20N2O4S. The molecule has 0 atom stereocenters. The number of aryl methyl sites for hydroxylation is 2. The maximum Gasteiger partial charge on any atom is 0.322 e. The van der Waals surface area contributed by atoms with Gasteiger partial charge in [0.05, 0.1) is 11.4 Å². The van der Waals surface area contributed by atoms with Crippen LogP contribution in [0.5, 0.6) is 0 Å². The minimum Gasteiger partial charge on any atom is -0.480 e. The summed E-state index contributed by atoms with van der Waals surface area (Å²) in [5.41, 5.74) is 1.17. The summed E-state index contributed by atoms with van der Waals surface area (Å²) in [7, 11) is 0. The van der Waals surface area contributed by atoms with E-state index in [-0.39, 0.29) is 12.5 Å². The molecule has 6 nitrogen and oxygen atoms in total. The first-order valence-electron chi connectivity index (χ1n) is 6.86. The third-order valence-corrected chi connectivity index (χ3v) is 4.06. The van der Waals surface area contributed by atoms with Gasteiger partial charge in [-0.05, 0) is 24.5 Å². The third kappa shape index (κ3) is 5.55. The molecule has 0 aliphatic carbocycles. The Morgan fingerprint density at radius 1 is 1.19 bits per heavy atom. The van der Waals surface area contributed by atoms with E-state index in [0.29, 0.717) is 4.88 Å². The average Bonchev–Trinajstić information content (AvgIpc) is 2.86. The molecule has 0 aliphatic heterocycles. The lowest BCUT2D eigenvalue weighted by Gasteiger charge is -2.03. The van der Waals surface area contributed by atoms with Gasteiger partial charge in [-0.3, -0.25) is 14.4 Å². The van der Waals surface area contributed by atoms with E-state index >= 15 is 0 Å². The van der Waals surface area contributed by atoms with Gasteiger partial charge in [0.25, 0.3) is 5.91 Å². The Labute approximate surface area is 127 Å². The van der Waals surface area contributed by atoms with Crippen LogP contribution in [0.4, 0.5) is 0 Å². The van der Waals surface area contributed by atoms with Gasteiger partial charge in [0.2, 0.25) is 5.91 Å². The number of thiophene rings is 1. The highest BCUT2D eigenvalue weighted by atomic mass is 32.1. The number of carboxylic acids is 1. The Balaban J connectivity index is 2.55. The predicted octanol–water partition coefficient (Wildman–Crippen LogP) is 1.19. The molecule has 3 N–H and O–H groups in total. The fourth-order valence-electron chi connectivity index (χ4n) is 1.80. The second-order valence-corrected chi connectivity index (χ2v) is 5.65. The second-order valence-electron chi connectivity index (χ2n) is 4.52. The van der Waals surface area contributed by atoms with Crippen molar-refractivity contribution in [2.45, 2.75) is 33.1 Å². The maximum atomic E-state index is 12.0. The summed E-state index contributed by atoms with van der Waals surface area (Å²) in [5.74, 6) is -1.95. The summed E-state index contributed by atoms with van der Waals surface area (Å²) in [4.78, 5) is 35.4. The maximum absolute atomic E-state index is 12.0. The number of hydrogen-bond acceptors (Lipinski definition) is 4. The van der Waals surface area contributed by atoms with Crippen LogP contribution in [0.3, 0.4) is 0 Å². The van der Waals surface area contributed by atoms with Crippen molar-refractivity contribution in [1.29, 1.82) is 0 Å². The van der Waals surface area contributed by atoms with E-state index in [4.69, 9.17) is 5.11 Å². The van der Waals surface area contributed by atoms with Crippen LogP contribution in [0.15, 0.2) is 6.07 Å². The van der Waals surface area contributed by atoms with E-state index in [1.54, 1.807) is 0 Å². The van der Waals surface area contributed by atoms with Crippen molar-refractivity contribution in [3.8, 4) is 0 Å². The van der Waals surface area contributed by atoms with Crippen LogP contribution in [0.2, 0.25) is 0 Å². The number of hydrogen-bond donors (Lipinski definition) is 3. The van der Waals surface area contributed by atoms with Crippen molar-refractivity contribution >= 4 is 29.1 Å². The van der Waals surface area contributed by atoms with E-state index in [2.05, 4.69) is 17.6 Å². The Bertz CT molecular complexity index is 525. The van der Waals surface area contributed by atoms with Crippen LogP contribution >= 0.6 is 11.3 Å². The van der Waals surface area contributed by atoms with Crippen LogP contribution in [-0.4, -0.2) is 36.0 Å². The van der Waals surface area contributed by atoms with Gasteiger partial charge in [-0.1, -0.05) is 20.3 Å². The van der Waals surface area contributed by atoms with Crippen LogP contribution in [0.25, 0.3) is 0 Å². The van der Waals surface area contributed by atoms with Crippen molar-refractivity contribution in [3.63, 3.8) is 0 Å². The van der Waals surface area contributed by atoms with Crippen LogP contribution in [-0.2, 0) is 22.4 Å². The van der Waals surface area contributed by atoms with Gasteiger partial charge in [0.15, 0.2) is 0 Å². The van der Waals surface area contributed by atoms with Crippen LogP contribution < -0.4 is 10.6 Å². The number of carbonyl (C=O) groups is 3. The molecule has 1 aromatic heterocycles. The lowest BCUT2D eigenvalue weighted by Crippen LogP contribution is -2.38. The Morgan fingerprint density at radius 3 is 2.48 bits per heavy atom. The summed E-state index contributed by atoms with van der Waals surface area (Å²) in [6.45, 7) is 3.46. The number of carboxylic acid groups (broad SMARTS) is 1. The number of carbonyl (C=O) groups excluding carboxylic acids is 2. The minimum absolute atomic E-state index is 0.228. The Morgan fingerprint density at radius 2 is 1.90 bits per heavy atom. The van der Waals surface area contributed by atoms with Crippen LogP contribution in [0.1, 0.15) is 40.4 Å². The van der Waals surface area contributed by atoms with E-state index in [9.17, 15) is 14.4 Å². The first-order chi connectivity index (χ1) is 9.97. The molecule has 0 aromatic carbocycles. The first kappa shape index (κ1) is 17.2. The molecular weight excluding hydrogens is 292 g/mol. The Kier molecular flexibility index (Phi) is 6.87. The number of aliphatic carboxylic acids is 1. The Hall–Kier alpha value is -1.89. The zero-order chi connectivity index (χ0) is 15.8. The molecule has 21 heavy (non-hydrogen) atoms. The van der Waals surface area contributed by atoms with E-state index in [0.717, 1.165) is 19.3 Å². The fraction of sp³-hybridized carbons (Fsp3) is 0.500. The summed E-state index contributed by atoms with van der Waals surface area (Å²) < 4.78 is 0. The van der Waals surface area contributed by atoms with Crippen molar-refractivity contribution < 1.29 is 19.5 Å². The summed E-state index contributed by atoms with van der Waals surface area (Å²) in [5, 5.41) is 13.1. The smallest absolute Gasteiger partial charge is 0.322 e. The van der Waals surface area contributed by atoms with Crippen molar-refractivity contribution in [2.24, 2.45) is 0 Å². The molecule has 116 valence electrons. The molecule has 2 amide bonds. The van der Waals surface area contributed by atoms with Gasteiger partial charge < -0.3 is 15.7 Å². The van der Waals surface area contributed by atoms with Gasteiger partial charge in [-0.2, -0.15) is 0 Å². The van der Waals surface area contributed by atoms with E-state index in [1.165, 1.54) is 21.8 Å². The standard InChI is InChI=1S/C14H20N2O4S/c1-3-5-10-9(4-2)6-11(21-10)14(20)16-7-12(17)15-8-13(18)19/h6H,3-5,7-8H2,1-2H3,(H,15,17)(H,16,20)(H,18,19). The SMILES string of the molecule is CCCc1sc(C(=O)NCC(=O)NCC(=O)O)cc1CC. The third-order valence-electron chi connectivity index (χ3n) is 2.82. The fourth-order valence-corrected chi connectivity index (χ4v) is 3.07. The van der Waals surface area contributed by atoms with Gasteiger partial charge in [-0.15, -0.1) is 11.3 Å². The zero-order valence-electron chi connectivity index (χ0n) is 12.2.